The summed E-state index contributed by atoms with van der Waals surface area (Å²) in [4.78, 5) is 0.946. The monoisotopic (exact) mass is 188 g/mol. The van der Waals surface area contributed by atoms with Crippen LogP contribution in [-0.2, 0) is 0 Å². The van der Waals surface area contributed by atoms with Crippen molar-refractivity contribution in [1.82, 2.24) is 0 Å². The molecule has 0 bridgehead atoms. The van der Waals surface area contributed by atoms with Gasteiger partial charge in [-0.05, 0) is 17.2 Å². The molecule has 0 saturated heterocycles. The lowest BCUT2D eigenvalue weighted by molar-refractivity contribution is 1.42. The molecule has 0 nitrogen and oxygen atoms in total. The van der Waals surface area contributed by atoms with E-state index in [9.17, 15) is 0 Å². The highest BCUT2D eigenvalue weighted by Crippen LogP contribution is 2.21. The molecule has 1 rings (SSSR count). The third-order valence-corrected chi connectivity index (χ3v) is 2.07. The van der Waals surface area contributed by atoms with E-state index < -0.39 is 0 Å². The standard InChI is InChI=1S/C12H12S/c1-3-4-7-10(2)11-8-5-6-9-12(11)13/h3-9,13H,1-2H2/b7-4-. The van der Waals surface area contributed by atoms with Gasteiger partial charge in [-0.1, -0.05) is 49.6 Å². The van der Waals surface area contributed by atoms with E-state index in [1.165, 1.54) is 0 Å². The van der Waals surface area contributed by atoms with Crippen LogP contribution in [0.15, 0.2) is 60.5 Å². The van der Waals surface area contributed by atoms with Crippen molar-refractivity contribution in [2.45, 2.75) is 4.90 Å². The van der Waals surface area contributed by atoms with Crippen molar-refractivity contribution in [2.24, 2.45) is 0 Å². The Bertz CT molecular complexity index is 348. The zero-order valence-corrected chi connectivity index (χ0v) is 8.30. The van der Waals surface area contributed by atoms with Crippen molar-refractivity contribution < 1.29 is 0 Å². The van der Waals surface area contributed by atoms with Crippen molar-refractivity contribution in [3.8, 4) is 0 Å². The minimum Gasteiger partial charge on any atom is -0.143 e. The Kier molecular flexibility index (Phi) is 3.59. The molecule has 0 aliphatic heterocycles. The summed E-state index contributed by atoms with van der Waals surface area (Å²) in [6, 6.07) is 7.88. The van der Waals surface area contributed by atoms with Gasteiger partial charge in [0.1, 0.15) is 0 Å². The topological polar surface area (TPSA) is 0 Å². The molecule has 0 unspecified atom stereocenters. The average molecular weight is 188 g/mol. The summed E-state index contributed by atoms with van der Waals surface area (Å²) in [6.45, 7) is 7.54. The summed E-state index contributed by atoms with van der Waals surface area (Å²) in [5, 5.41) is 0. The second kappa shape index (κ2) is 4.73. The van der Waals surface area contributed by atoms with Crippen LogP contribution < -0.4 is 0 Å². The molecule has 1 aromatic rings. The molecule has 1 aromatic carbocycles. The van der Waals surface area contributed by atoms with Gasteiger partial charge in [-0.3, -0.25) is 0 Å². The molecule has 0 N–H and O–H groups in total. The van der Waals surface area contributed by atoms with Gasteiger partial charge in [-0.15, -0.1) is 12.6 Å². The minimum atomic E-state index is 0.946. The summed E-state index contributed by atoms with van der Waals surface area (Å²) >= 11 is 4.34. The number of hydrogen-bond acceptors (Lipinski definition) is 1. The second-order valence-electron chi connectivity index (χ2n) is 2.64. The predicted octanol–water partition coefficient (Wildman–Crippen LogP) is 3.73. The molecule has 0 spiro atoms. The molecule has 66 valence electrons. The van der Waals surface area contributed by atoms with Gasteiger partial charge in [-0.2, -0.15) is 0 Å². The summed E-state index contributed by atoms with van der Waals surface area (Å²) in [6.07, 6.45) is 5.51. The van der Waals surface area contributed by atoms with Crippen molar-refractivity contribution in [2.75, 3.05) is 0 Å². The van der Waals surface area contributed by atoms with Crippen LogP contribution in [0.25, 0.3) is 5.57 Å². The second-order valence-corrected chi connectivity index (χ2v) is 3.12. The first-order chi connectivity index (χ1) is 6.25. The average Bonchev–Trinajstić information content (AvgIpc) is 2.15. The normalized spacial score (nSPS) is 10.2. The predicted molar refractivity (Wildman–Crippen MR) is 62.1 cm³/mol. The lowest BCUT2D eigenvalue weighted by Crippen LogP contribution is -1.80. The summed E-state index contributed by atoms with van der Waals surface area (Å²) in [7, 11) is 0. The Hall–Kier alpha value is -1.21. The SMILES string of the molecule is C=C/C=C\C(=C)c1ccccc1S. The number of benzene rings is 1. The molecular weight excluding hydrogens is 176 g/mol. The van der Waals surface area contributed by atoms with Crippen LogP contribution in [0, 0.1) is 0 Å². The first kappa shape index (κ1) is 9.87. The largest absolute Gasteiger partial charge is 0.143 e. The van der Waals surface area contributed by atoms with Gasteiger partial charge < -0.3 is 0 Å². The lowest BCUT2D eigenvalue weighted by atomic mass is 10.1. The zero-order chi connectivity index (χ0) is 9.68. The molecule has 13 heavy (non-hydrogen) atoms. The van der Waals surface area contributed by atoms with Crippen molar-refractivity contribution >= 4 is 18.2 Å². The van der Waals surface area contributed by atoms with Crippen molar-refractivity contribution in [1.29, 1.82) is 0 Å². The first-order valence-corrected chi connectivity index (χ1v) is 4.47. The molecule has 0 aliphatic rings. The molecule has 0 aliphatic carbocycles. The van der Waals surface area contributed by atoms with E-state index in [2.05, 4.69) is 25.8 Å². The van der Waals surface area contributed by atoms with E-state index in [1.54, 1.807) is 6.08 Å². The Morgan fingerprint density at radius 2 is 2.00 bits per heavy atom. The molecule has 0 amide bonds. The molecular formula is C12H12S. The summed E-state index contributed by atoms with van der Waals surface area (Å²) < 4.78 is 0. The Morgan fingerprint density at radius 3 is 2.62 bits per heavy atom. The lowest BCUT2D eigenvalue weighted by Gasteiger charge is -2.02. The van der Waals surface area contributed by atoms with E-state index in [-0.39, 0.29) is 0 Å². The van der Waals surface area contributed by atoms with Crippen molar-refractivity contribution in [3.05, 3.63) is 61.2 Å². The Labute approximate surface area is 84.7 Å². The molecule has 1 heteroatoms. The molecule has 0 fully saturated rings. The van der Waals surface area contributed by atoms with Crippen LogP contribution in [0.3, 0.4) is 0 Å². The minimum absolute atomic E-state index is 0.946. The maximum absolute atomic E-state index is 4.34. The molecule has 0 radical (unpaired) electrons. The van der Waals surface area contributed by atoms with Gasteiger partial charge in [0.25, 0.3) is 0 Å². The third-order valence-electron chi connectivity index (χ3n) is 1.68. The fourth-order valence-electron chi connectivity index (χ4n) is 1.02. The quantitative estimate of drug-likeness (QED) is 0.542. The van der Waals surface area contributed by atoms with E-state index in [0.717, 1.165) is 16.0 Å². The molecule has 0 saturated carbocycles. The Balaban J connectivity index is 2.95. The molecule has 0 aromatic heterocycles. The van der Waals surface area contributed by atoms with Crippen molar-refractivity contribution in [3.63, 3.8) is 0 Å². The van der Waals surface area contributed by atoms with Crippen LogP contribution >= 0.6 is 12.6 Å². The van der Waals surface area contributed by atoms with Gasteiger partial charge in [0.15, 0.2) is 0 Å². The number of thiol groups is 1. The van der Waals surface area contributed by atoms with Crippen LogP contribution in [0.2, 0.25) is 0 Å². The molecule has 0 atom stereocenters. The number of allylic oxidation sites excluding steroid dienone is 4. The summed E-state index contributed by atoms with van der Waals surface area (Å²) in [5.74, 6) is 0. The number of hydrogen-bond donors (Lipinski definition) is 1. The third kappa shape index (κ3) is 2.63. The van der Waals surface area contributed by atoms with Crippen LogP contribution in [0.4, 0.5) is 0 Å². The fraction of sp³-hybridized carbons (Fsp3) is 0. The molecule has 0 heterocycles. The first-order valence-electron chi connectivity index (χ1n) is 4.02. The maximum atomic E-state index is 4.34. The van der Waals surface area contributed by atoms with Crippen LogP contribution in [0.1, 0.15) is 5.56 Å². The Morgan fingerprint density at radius 1 is 1.31 bits per heavy atom. The van der Waals surface area contributed by atoms with Crippen LogP contribution in [0.5, 0.6) is 0 Å². The summed E-state index contributed by atoms with van der Waals surface area (Å²) in [5.41, 5.74) is 2.01. The van der Waals surface area contributed by atoms with E-state index in [0.29, 0.717) is 0 Å². The maximum Gasteiger partial charge on any atom is 0.0118 e. The van der Waals surface area contributed by atoms with E-state index in [4.69, 9.17) is 0 Å². The highest BCUT2D eigenvalue weighted by Gasteiger charge is 1.97. The fourth-order valence-corrected chi connectivity index (χ4v) is 1.32. The van der Waals surface area contributed by atoms with Gasteiger partial charge in [0.05, 0.1) is 0 Å². The van der Waals surface area contributed by atoms with Gasteiger partial charge in [0, 0.05) is 4.90 Å². The van der Waals surface area contributed by atoms with E-state index in [1.807, 2.05) is 36.4 Å². The van der Waals surface area contributed by atoms with Gasteiger partial charge >= 0.3 is 0 Å². The van der Waals surface area contributed by atoms with E-state index >= 15 is 0 Å². The van der Waals surface area contributed by atoms with Gasteiger partial charge in [-0.25, -0.2) is 0 Å². The van der Waals surface area contributed by atoms with Crippen LogP contribution in [-0.4, -0.2) is 0 Å². The smallest absolute Gasteiger partial charge is 0.0118 e. The highest BCUT2D eigenvalue weighted by atomic mass is 32.1. The van der Waals surface area contributed by atoms with Gasteiger partial charge in [0.2, 0.25) is 0 Å². The number of rotatable bonds is 3. The highest BCUT2D eigenvalue weighted by molar-refractivity contribution is 7.80. The zero-order valence-electron chi connectivity index (χ0n) is 7.40.